The van der Waals surface area contributed by atoms with E-state index in [0.717, 1.165) is 18.8 Å². The largest absolute Gasteiger partial charge is 0.393 e. The van der Waals surface area contributed by atoms with Crippen molar-refractivity contribution in [2.24, 2.45) is 11.3 Å². The molecule has 0 atom stereocenters. The lowest BCUT2D eigenvalue weighted by atomic mass is 9.63. The number of hydrogen-bond donors (Lipinski definition) is 1. The Balaban J connectivity index is 1.90. The van der Waals surface area contributed by atoms with E-state index in [4.69, 9.17) is 0 Å². The maximum atomic E-state index is 9.48. The summed E-state index contributed by atoms with van der Waals surface area (Å²) in [6.45, 7) is 2.38. The molecule has 0 aliphatic heterocycles. The molecule has 1 nitrogen and oxygen atoms in total. The Morgan fingerprint density at radius 2 is 1.38 bits per heavy atom. The van der Waals surface area contributed by atoms with Gasteiger partial charge in [0, 0.05) is 0 Å². The molecule has 1 spiro atoms. The van der Waals surface area contributed by atoms with E-state index in [2.05, 4.69) is 6.92 Å². The summed E-state index contributed by atoms with van der Waals surface area (Å²) in [5.41, 5.74) is 0.658. The van der Waals surface area contributed by atoms with Gasteiger partial charge in [-0.2, -0.15) is 0 Å². The summed E-state index contributed by atoms with van der Waals surface area (Å²) in [6, 6.07) is 0. The second-order valence-corrected chi connectivity index (χ2v) is 5.41. The van der Waals surface area contributed by atoms with Gasteiger partial charge in [-0.1, -0.05) is 19.8 Å². The smallest absolute Gasteiger partial charge is 0.0540 e. The number of rotatable bonds is 0. The molecule has 0 heterocycles. The Bertz CT molecular complexity index is 136. The van der Waals surface area contributed by atoms with Crippen LogP contribution in [-0.2, 0) is 0 Å². The fourth-order valence-corrected chi connectivity index (χ4v) is 3.09. The van der Waals surface area contributed by atoms with Gasteiger partial charge in [-0.05, 0) is 49.9 Å². The standard InChI is InChI=1S/C12H22O/c1-10-2-6-12(7-3-10)8-4-11(13)5-9-12/h10-11,13H,2-9H2,1H3. The van der Waals surface area contributed by atoms with Crippen LogP contribution in [0.2, 0.25) is 0 Å². The molecule has 1 N–H and O–H groups in total. The van der Waals surface area contributed by atoms with E-state index >= 15 is 0 Å². The molecule has 2 aliphatic carbocycles. The third kappa shape index (κ3) is 2.07. The first-order valence-electron chi connectivity index (χ1n) is 5.88. The third-order valence-corrected chi connectivity index (χ3v) is 4.35. The van der Waals surface area contributed by atoms with Crippen LogP contribution in [0.15, 0.2) is 0 Å². The van der Waals surface area contributed by atoms with Crippen LogP contribution in [0.3, 0.4) is 0 Å². The van der Waals surface area contributed by atoms with Crippen LogP contribution in [-0.4, -0.2) is 11.2 Å². The van der Waals surface area contributed by atoms with Crippen molar-refractivity contribution < 1.29 is 5.11 Å². The van der Waals surface area contributed by atoms with Crippen molar-refractivity contribution in [2.75, 3.05) is 0 Å². The van der Waals surface area contributed by atoms with Crippen LogP contribution in [0.4, 0.5) is 0 Å². The lowest BCUT2D eigenvalue weighted by Crippen LogP contribution is -2.33. The predicted octanol–water partition coefficient (Wildman–Crippen LogP) is 3.12. The molecule has 2 rings (SSSR count). The zero-order valence-electron chi connectivity index (χ0n) is 8.76. The van der Waals surface area contributed by atoms with Gasteiger partial charge in [0.15, 0.2) is 0 Å². The van der Waals surface area contributed by atoms with Crippen molar-refractivity contribution in [3.8, 4) is 0 Å². The molecule has 0 saturated heterocycles. The molecule has 0 unspecified atom stereocenters. The van der Waals surface area contributed by atoms with Gasteiger partial charge in [-0.15, -0.1) is 0 Å². The van der Waals surface area contributed by atoms with Crippen molar-refractivity contribution in [3.63, 3.8) is 0 Å². The maximum absolute atomic E-state index is 9.48. The van der Waals surface area contributed by atoms with E-state index in [9.17, 15) is 5.11 Å². The Morgan fingerprint density at radius 1 is 0.923 bits per heavy atom. The van der Waals surface area contributed by atoms with Crippen molar-refractivity contribution in [2.45, 2.75) is 64.4 Å². The minimum atomic E-state index is 0.0185. The van der Waals surface area contributed by atoms with Crippen molar-refractivity contribution in [1.29, 1.82) is 0 Å². The Kier molecular flexibility index (Phi) is 2.64. The minimum absolute atomic E-state index is 0.0185. The monoisotopic (exact) mass is 182 g/mol. The molecular formula is C12H22O. The van der Waals surface area contributed by atoms with E-state index in [-0.39, 0.29) is 6.10 Å². The van der Waals surface area contributed by atoms with Crippen LogP contribution in [0.5, 0.6) is 0 Å². The molecule has 0 aromatic heterocycles. The second kappa shape index (κ2) is 3.61. The summed E-state index contributed by atoms with van der Waals surface area (Å²) in [4.78, 5) is 0. The molecular weight excluding hydrogens is 160 g/mol. The maximum Gasteiger partial charge on any atom is 0.0540 e. The fourth-order valence-electron chi connectivity index (χ4n) is 3.09. The van der Waals surface area contributed by atoms with Crippen LogP contribution in [0.1, 0.15) is 58.3 Å². The van der Waals surface area contributed by atoms with Crippen LogP contribution in [0, 0.1) is 11.3 Å². The van der Waals surface area contributed by atoms with Crippen LogP contribution in [0.25, 0.3) is 0 Å². The third-order valence-electron chi connectivity index (χ3n) is 4.35. The van der Waals surface area contributed by atoms with Gasteiger partial charge in [0.25, 0.3) is 0 Å². The lowest BCUT2D eigenvalue weighted by molar-refractivity contribution is 0.0310. The second-order valence-electron chi connectivity index (χ2n) is 5.41. The van der Waals surface area contributed by atoms with Gasteiger partial charge < -0.3 is 5.11 Å². The average molecular weight is 182 g/mol. The molecule has 0 bridgehead atoms. The molecule has 2 saturated carbocycles. The molecule has 0 radical (unpaired) electrons. The van der Waals surface area contributed by atoms with Crippen molar-refractivity contribution in [3.05, 3.63) is 0 Å². The van der Waals surface area contributed by atoms with Gasteiger partial charge in [-0.25, -0.2) is 0 Å². The quantitative estimate of drug-likeness (QED) is 0.610. The summed E-state index contributed by atoms with van der Waals surface area (Å²) in [7, 11) is 0. The number of aliphatic hydroxyl groups excluding tert-OH is 1. The average Bonchev–Trinajstić information content (AvgIpc) is 2.16. The zero-order chi connectivity index (χ0) is 9.31. The van der Waals surface area contributed by atoms with E-state index in [0.29, 0.717) is 5.41 Å². The van der Waals surface area contributed by atoms with Gasteiger partial charge in [-0.3, -0.25) is 0 Å². The lowest BCUT2D eigenvalue weighted by Gasteiger charge is -2.43. The molecule has 0 amide bonds. The Morgan fingerprint density at radius 3 is 1.92 bits per heavy atom. The molecule has 0 aromatic carbocycles. The molecule has 2 fully saturated rings. The van der Waals surface area contributed by atoms with Crippen molar-refractivity contribution >= 4 is 0 Å². The Labute approximate surface area is 81.5 Å². The molecule has 2 aliphatic rings. The first-order valence-corrected chi connectivity index (χ1v) is 5.88. The van der Waals surface area contributed by atoms with Gasteiger partial charge in [0.1, 0.15) is 0 Å². The summed E-state index contributed by atoms with van der Waals surface area (Å²) < 4.78 is 0. The van der Waals surface area contributed by atoms with Gasteiger partial charge >= 0.3 is 0 Å². The summed E-state index contributed by atoms with van der Waals surface area (Å²) in [5, 5.41) is 9.48. The van der Waals surface area contributed by atoms with E-state index < -0.39 is 0 Å². The van der Waals surface area contributed by atoms with Crippen molar-refractivity contribution in [1.82, 2.24) is 0 Å². The zero-order valence-corrected chi connectivity index (χ0v) is 8.76. The minimum Gasteiger partial charge on any atom is -0.393 e. The fraction of sp³-hybridized carbons (Fsp3) is 1.00. The van der Waals surface area contributed by atoms with E-state index in [1.165, 1.54) is 38.5 Å². The highest BCUT2D eigenvalue weighted by atomic mass is 16.3. The topological polar surface area (TPSA) is 20.2 Å². The van der Waals surface area contributed by atoms with Crippen LogP contribution >= 0.6 is 0 Å². The Hall–Kier alpha value is -0.0400. The first-order chi connectivity index (χ1) is 6.20. The number of hydrogen-bond acceptors (Lipinski definition) is 1. The SMILES string of the molecule is CC1CCC2(CC1)CCC(O)CC2. The highest BCUT2D eigenvalue weighted by Crippen LogP contribution is 2.48. The normalized spacial score (nSPS) is 46.6. The van der Waals surface area contributed by atoms with Crippen LogP contribution < -0.4 is 0 Å². The molecule has 0 aromatic rings. The number of aliphatic hydroxyl groups is 1. The van der Waals surface area contributed by atoms with Gasteiger partial charge in [0.2, 0.25) is 0 Å². The highest BCUT2D eigenvalue weighted by molar-refractivity contribution is 4.89. The highest BCUT2D eigenvalue weighted by Gasteiger charge is 2.36. The summed E-state index contributed by atoms with van der Waals surface area (Å²) in [6.07, 6.45) is 10.4. The van der Waals surface area contributed by atoms with E-state index in [1.807, 2.05) is 0 Å². The summed E-state index contributed by atoms with van der Waals surface area (Å²) in [5.74, 6) is 0.956. The van der Waals surface area contributed by atoms with Gasteiger partial charge in [0.05, 0.1) is 6.10 Å². The summed E-state index contributed by atoms with van der Waals surface area (Å²) >= 11 is 0. The molecule has 13 heavy (non-hydrogen) atoms. The predicted molar refractivity (Wildman–Crippen MR) is 54.5 cm³/mol. The molecule has 1 heteroatoms. The van der Waals surface area contributed by atoms with E-state index in [1.54, 1.807) is 0 Å². The first kappa shape index (κ1) is 9.51. The molecule has 76 valence electrons.